The molecule has 2 rings (SSSR count). The molecule has 0 saturated heterocycles. The Morgan fingerprint density at radius 3 is 2.67 bits per heavy atom. The predicted molar refractivity (Wildman–Crippen MR) is 80.6 cm³/mol. The molecule has 0 fully saturated rings. The molecule has 0 spiro atoms. The monoisotopic (exact) mass is 288 g/mol. The zero-order valence-electron chi connectivity index (χ0n) is 11.9. The molecule has 0 aliphatic carbocycles. The van der Waals surface area contributed by atoms with Gasteiger partial charge in [-0.05, 0) is 38.1 Å². The first kappa shape index (κ1) is 14.8. The van der Waals surface area contributed by atoms with Crippen molar-refractivity contribution in [3.8, 4) is 0 Å². The number of oxime groups is 1. The van der Waals surface area contributed by atoms with E-state index in [1.54, 1.807) is 35.2 Å². The van der Waals surface area contributed by atoms with Gasteiger partial charge in [-0.25, -0.2) is 9.37 Å². The van der Waals surface area contributed by atoms with Crippen LogP contribution in [0.25, 0.3) is 0 Å². The minimum absolute atomic E-state index is 0.0627. The summed E-state index contributed by atoms with van der Waals surface area (Å²) in [5.41, 5.74) is 7.30. The number of halogens is 1. The number of rotatable bonds is 4. The van der Waals surface area contributed by atoms with Crippen molar-refractivity contribution in [1.29, 1.82) is 0 Å². The molecule has 0 atom stereocenters. The number of aromatic nitrogens is 1. The Morgan fingerprint density at radius 2 is 2.05 bits per heavy atom. The standard InChI is InChI=1S/C15H17FN4O/c1-3-20(13-7-5-4-6-12(13)16)15-11(14(17)19-21)9-8-10(2)18-15/h4-9,21H,3H2,1-2H3,(H2,17,19). The summed E-state index contributed by atoms with van der Waals surface area (Å²) in [6, 6.07) is 9.89. The Labute approximate surface area is 122 Å². The lowest BCUT2D eigenvalue weighted by Gasteiger charge is -2.25. The number of aryl methyl sites for hydroxylation is 1. The van der Waals surface area contributed by atoms with E-state index in [4.69, 9.17) is 10.9 Å². The van der Waals surface area contributed by atoms with E-state index in [1.165, 1.54) is 6.07 Å². The van der Waals surface area contributed by atoms with Gasteiger partial charge in [-0.2, -0.15) is 0 Å². The summed E-state index contributed by atoms with van der Waals surface area (Å²) in [5.74, 6) is 0.0401. The number of amidine groups is 1. The third-order valence-corrected chi connectivity index (χ3v) is 3.11. The summed E-state index contributed by atoms with van der Waals surface area (Å²) in [6.45, 7) is 4.20. The highest BCUT2D eigenvalue weighted by molar-refractivity contribution is 6.02. The lowest BCUT2D eigenvalue weighted by Crippen LogP contribution is -2.24. The molecule has 3 N–H and O–H groups in total. The normalized spacial score (nSPS) is 11.5. The summed E-state index contributed by atoms with van der Waals surface area (Å²) < 4.78 is 14.0. The molecule has 0 aliphatic heterocycles. The minimum Gasteiger partial charge on any atom is -0.409 e. The lowest BCUT2D eigenvalue weighted by atomic mass is 10.2. The zero-order valence-corrected chi connectivity index (χ0v) is 11.9. The number of pyridine rings is 1. The van der Waals surface area contributed by atoms with Crippen LogP contribution in [0.15, 0.2) is 41.6 Å². The smallest absolute Gasteiger partial charge is 0.173 e. The quantitative estimate of drug-likeness (QED) is 0.392. The SMILES string of the molecule is CCN(c1ccccc1F)c1nc(C)ccc1C(N)=NO. The number of para-hydroxylation sites is 1. The van der Waals surface area contributed by atoms with Gasteiger partial charge in [0.15, 0.2) is 5.84 Å². The molecule has 6 heteroatoms. The molecule has 1 aromatic carbocycles. The molecule has 5 nitrogen and oxygen atoms in total. The Kier molecular flexibility index (Phi) is 4.37. The highest BCUT2D eigenvalue weighted by Crippen LogP contribution is 2.29. The fourth-order valence-corrected chi connectivity index (χ4v) is 2.11. The number of benzene rings is 1. The molecular weight excluding hydrogens is 271 g/mol. The minimum atomic E-state index is -0.354. The first-order chi connectivity index (χ1) is 10.1. The molecule has 21 heavy (non-hydrogen) atoms. The maximum atomic E-state index is 14.0. The molecular formula is C15H17FN4O. The van der Waals surface area contributed by atoms with Gasteiger partial charge in [-0.1, -0.05) is 17.3 Å². The van der Waals surface area contributed by atoms with Crippen LogP contribution in [0.5, 0.6) is 0 Å². The van der Waals surface area contributed by atoms with E-state index >= 15 is 0 Å². The van der Waals surface area contributed by atoms with Crippen molar-refractivity contribution in [1.82, 2.24) is 4.98 Å². The van der Waals surface area contributed by atoms with Crippen LogP contribution in [0.2, 0.25) is 0 Å². The molecule has 0 unspecified atom stereocenters. The van der Waals surface area contributed by atoms with Gasteiger partial charge in [0, 0.05) is 12.2 Å². The van der Waals surface area contributed by atoms with Gasteiger partial charge < -0.3 is 15.8 Å². The molecule has 0 aliphatic rings. The van der Waals surface area contributed by atoms with Crippen LogP contribution in [0.3, 0.4) is 0 Å². The molecule has 1 aromatic heterocycles. The van der Waals surface area contributed by atoms with Gasteiger partial charge in [-0.3, -0.25) is 0 Å². The van der Waals surface area contributed by atoms with Crippen LogP contribution in [-0.4, -0.2) is 22.6 Å². The van der Waals surface area contributed by atoms with Crippen LogP contribution >= 0.6 is 0 Å². The highest BCUT2D eigenvalue weighted by atomic mass is 19.1. The maximum absolute atomic E-state index is 14.0. The lowest BCUT2D eigenvalue weighted by molar-refractivity contribution is 0.318. The zero-order chi connectivity index (χ0) is 15.4. The van der Waals surface area contributed by atoms with Gasteiger partial charge in [0.25, 0.3) is 0 Å². The number of hydrogen-bond acceptors (Lipinski definition) is 4. The average molecular weight is 288 g/mol. The predicted octanol–water partition coefficient (Wildman–Crippen LogP) is 2.78. The first-order valence-corrected chi connectivity index (χ1v) is 6.56. The first-order valence-electron chi connectivity index (χ1n) is 6.56. The van der Waals surface area contributed by atoms with Crippen molar-refractivity contribution >= 4 is 17.3 Å². The molecule has 0 saturated carbocycles. The average Bonchev–Trinajstić information content (AvgIpc) is 2.49. The van der Waals surface area contributed by atoms with Crippen molar-refractivity contribution in [2.75, 3.05) is 11.4 Å². The highest BCUT2D eigenvalue weighted by Gasteiger charge is 2.18. The largest absolute Gasteiger partial charge is 0.409 e. The van der Waals surface area contributed by atoms with Crippen LogP contribution in [0.4, 0.5) is 15.9 Å². The fraction of sp³-hybridized carbons (Fsp3) is 0.200. The Hall–Kier alpha value is -2.63. The van der Waals surface area contributed by atoms with Gasteiger partial charge in [0.2, 0.25) is 0 Å². The Balaban J connectivity index is 2.62. The summed E-state index contributed by atoms with van der Waals surface area (Å²) >= 11 is 0. The van der Waals surface area contributed by atoms with Crippen molar-refractivity contribution in [2.24, 2.45) is 10.9 Å². The van der Waals surface area contributed by atoms with Gasteiger partial charge in [-0.15, -0.1) is 0 Å². The Bertz CT molecular complexity index is 672. The molecule has 1 heterocycles. The third kappa shape index (κ3) is 2.94. The van der Waals surface area contributed by atoms with Crippen molar-refractivity contribution in [3.63, 3.8) is 0 Å². The van der Waals surface area contributed by atoms with Gasteiger partial charge in [0.05, 0.1) is 11.3 Å². The topological polar surface area (TPSA) is 74.7 Å². The van der Waals surface area contributed by atoms with E-state index in [0.717, 1.165) is 5.69 Å². The van der Waals surface area contributed by atoms with Crippen molar-refractivity contribution < 1.29 is 9.60 Å². The maximum Gasteiger partial charge on any atom is 0.173 e. The summed E-state index contributed by atoms with van der Waals surface area (Å²) in [7, 11) is 0. The third-order valence-electron chi connectivity index (χ3n) is 3.11. The summed E-state index contributed by atoms with van der Waals surface area (Å²) in [4.78, 5) is 6.11. The van der Waals surface area contributed by atoms with Crippen LogP contribution in [0, 0.1) is 12.7 Å². The number of nitrogens with zero attached hydrogens (tertiary/aromatic N) is 3. The van der Waals surface area contributed by atoms with Gasteiger partial charge >= 0.3 is 0 Å². The van der Waals surface area contributed by atoms with Crippen LogP contribution < -0.4 is 10.6 Å². The Morgan fingerprint density at radius 1 is 1.33 bits per heavy atom. The molecule has 2 aromatic rings. The molecule has 0 bridgehead atoms. The van der Waals surface area contributed by atoms with Crippen LogP contribution in [-0.2, 0) is 0 Å². The van der Waals surface area contributed by atoms with E-state index in [2.05, 4.69) is 10.1 Å². The summed E-state index contributed by atoms with van der Waals surface area (Å²) in [5, 5.41) is 11.9. The van der Waals surface area contributed by atoms with Crippen molar-refractivity contribution in [2.45, 2.75) is 13.8 Å². The fourth-order valence-electron chi connectivity index (χ4n) is 2.11. The van der Waals surface area contributed by atoms with E-state index in [0.29, 0.717) is 23.6 Å². The van der Waals surface area contributed by atoms with E-state index in [1.807, 2.05) is 13.8 Å². The summed E-state index contributed by atoms with van der Waals surface area (Å²) in [6.07, 6.45) is 0. The second-order valence-electron chi connectivity index (χ2n) is 4.50. The second kappa shape index (κ2) is 6.21. The number of anilines is 2. The molecule has 0 radical (unpaired) electrons. The second-order valence-corrected chi connectivity index (χ2v) is 4.50. The van der Waals surface area contributed by atoms with Crippen molar-refractivity contribution in [3.05, 3.63) is 53.5 Å². The van der Waals surface area contributed by atoms with E-state index < -0.39 is 0 Å². The molecule has 0 amide bonds. The number of nitrogens with two attached hydrogens (primary N) is 1. The van der Waals surface area contributed by atoms with Gasteiger partial charge in [0.1, 0.15) is 11.6 Å². The van der Waals surface area contributed by atoms with E-state index in [9.17, 15) is 4.39 Å². The molecule has 110 valence electrons. The van der Waals surface area contributed by atoms with Crippen LogP contribution in [0.1, 0.15) is 18.2 Å². The van der Waals surface area contributed by atoms with E-state index in [-0.39, 0.29) is 11.7 Å². The number of hydrogen-bond donors (Lipinski definition) is 2.